The predicted molar refractivity (Wildman–Crippen MR) is 84.2 cm³/mol. The molecule has 0 spiro atoms. The van der Waals surface area contributed by atoms with E-state index in [4.69, 9.17) is 4.74 Å². The van der Waals surface area contributed by atoms with Gasteiger partial charge in [0.05, 0.1) is 6.61 Å². The van der Waals surface area contributed by atoms with E-state index >= 15 is 0 Å². The second-order valence-corrected chi connectivity index (χ2v) is 4.93. The molecule has 7 heteroatoms. The fourth-order valence-corrected chi connectivity index (χ4v) is 2.03. The van der Waals surface area contributed by atoms with Crippen molar-refractivity contribution in [3.05, 3.63) is 47.7 Å². The van der Waals surface area contributed by atoms with Gasteiger partial charge in [-0.1, -0.05) is 30.0 Å². The van der Waals surface area contributed by atoms with Crippen LogP contribution in [0.3, 0.4) is 0 Å². The molecule has 0 radical (unpaired) electrons. The lowest BCUT2D eigenvalue weighted by Gasteiger charge is -2.10. The number of nitrogens with zero attached hydrogens (tertiary/aromatic N) is 2. The second kappa shape index (κ2) is 7.56. The summed E-state index contributed by atoms with van der Waals surface area (Å²) < 4.78 is 4.95. The number of ether oxygens (including phenoxy) is 1. The molecular weight excluding hydrogens is 302 g/mol. The topological polar surface area (TPSA) is 81.2 Å². The number of benzene rings is 1. The molecule has 2 rings (SSSR count). The predicted octanol–water partition coefficient (Wildman–Crippen LogP) is 2.63. The maximum absolute atomic E-state index is 12.2. The third-order valence-electron chi connectivity index (χ3n) is 2.71. The van der Waals surface area contributed by atoms with Gasteiger partial charge in [-0.2, -0.15) is 0 Å². The molecule has 0 aliphatic rings. The number of hydrogen-bond donors (Lipinski definition) is 1. The zero-order valence-corrected chi connectivity index (χ0v) is 13.0. The zero-order chi connectivity index (χ0) is 15.9. The first-order valence-corrected chi connectivity index (χ1v) is 7.82. The fraction of sp³-hybridized carbons (Fsp3) is 0.200. The van der Waals surface area contributed by atoms with Crippen LogP contribution in [0.1, 0.15) is 27.6 Å². The van der Waals surface area contributed by atoms with Crippen LogP contribution in [0.5, 0.6) is 0 Å². The van der Waals surface area contributed by atoms with E-state index in [2.05, 4.69) is 15.3 Å². The Bertz CT molecular complexity index is 677. The van der Waals surface area contributed by atoms with E-state index in [1.54, 1.807) is 31.2 Å². The van der Waals surface area contributed by atoms with E-state index in [0.717, 1.165) is 0 Å². The highest BCUT2D eigenvalue weighted by Crippen LogP contribution is 2.18. The SMILES string of the molecule is CCOC(=O)c1cnc(SC)nc1NC(=O)c1ccccc1. The summed E-state index contributed by atoms with van der Waals surface area (Å²) in [6.07, 6.45) is 3.17. The van der Waals surface area contributed by atoms with E-state index in [1.165, 1.54) is 18.0 Å². The minimum Gasteiger partial charge on any atom is -0.462 e. The Morgan fingerprint density at radius 1 is 1.27 bits per heavy atom. The van der Waals surface area contributed by atoms with Gasteiger partial charge in [0.2, 0.25) is 0 Å². The molecule has 1 heterocycles. The van der Waals surface area contributed by atoms with Gasteiger partial charge in [0.15, 0.2) is 11.0 Å². The number of anilines is 1. The van der Waals surface area contributed by atoms with Gasteiger partial charge in [0, 0.05) is 11.8 Å². The number of esters is 1. The number of carbonyl (C=O) groups is 2. The largest absolute Gasteiger partial charge is 0.462 e. The highest BCUT2D eigenvalue weighted by atomic mass is 32.2. The zero-order valence-electron chi connectivity index (χ0n) is 12.2. The van der Waals surface area contributed by atoms with Gasteiger partial charge in [-0.25, -0.2) is 14.8 Å². The van der Waals surface area contributed by atoms with Gasteiger partial charge in [-0.3, -0.25) is 4.79 Å². The maximum Gasteiger partial charge on any atom is 0.343 e. The summed E-state index contributed by atoms with van der Waals surface area (Å²) in [5.41, 5.74) is 0.602. The van der Waals surface area contributed by atoms with Crippen molar-refractivity contribution in [2.45, 2.75) is 12.1 Å². The van der Waals surface area contributed by atoms with Crippen molar-refractivity contribution < 1.29 is 14.3 Å². The number of hydrogen-bond acceptors (Lipinski definition) is 6. The van der Waals surface area contributed by atoms with Crippen LogP contribution in [0.2, 0.25) is 0 Å². The number of carbonyl (C=O) groups excluding carboxylic acids is 2. The molecule has 0 saturated carbocycles. The van der Waals surface area contributed by atoms with Crippen LogP contribution in [-0.2, 0) is 4.74 Å². The Hall–Kier alpha value is -2.41. The minimum atomic E-state index is -0.571. The average Bonchev–Trinajstić information content (AvgIpc) is 2.55. The highest BCUT2D eigenvalue weighted by molar-refractivity contribution is 7.98. The Kier molecular flexibility index (Phi) is 5.48. The van der Waals surface area contributed by atoms with Crippen molar-refractivity contribution in [3.8, 4) is 0 Å². The van der Waals surface area contributed by atoms with Gasteiger partial charge in [-0.05, 0) is 25.3 Å². The first kappa shape index (κ1) is 16.0. The van der Waals surface area contributed by atoms with Gasteiger partial charge in [0.1, 0.15) is 5.56 Å². The summed E-state index contributed by atoms with van der Waals surface area (Å²) in [5, 5.41) is 3.09. The molecule has 2 aromatic rings. The number of rotatable bonds is 5. The quantitative estimate of drug-likeness (QED) is 0.519. The first-order chi connectivity index (χ1) is 10.7. The third kappa shape index (κ3) is 3.82. The molecule has 0 unspecified atom stereocenters. The molecule has 0 bridgehead atoms. The van der Waals surface area contributed by atoms with Crippen LogP contribution in [0, 0.1) is 0 Å². The van der Waals surface area contributed by atoms with Crippen LogP contribution in [-0.4, -0.2) is 34.7 Å². The van der Waals surface area contributed by atoms with E-state index in [1.807, 2.05) is 12.3 Å². The summed E-state index contributed by atoms with van der Waals surface area (Å²) in [6.45, 7) is 1.94. The van der Waals surface area contributed by atoms with Crippen LogP contribution in [0.4, 0.5) is 5.82 Å². The van der Waals surface area contributed by atoms with Crippen LogP contribution >= 0.6 is 11.8 Å². The Morgan fingerprint density at radius 3 is 2.64 bits per heavy atom. The van der Waals surface area contributed by atoms with E-state index in [9.17, 15) is 9.59 Å². The molecule has 0 atom stereocenters. The normalized spacial score (nSPS) is 10.1. The third-order valence-corrected chi connectivity index (χ3v) is 3.27. The lowest BCUT2D eigenvalue weighted by Crippen LogP contribution is -2.18. The van der Waals surface area contributed by atoms with Crippen molar-refractivity contribution >= 4 is 29.5 Å². The van der Waals surface area contributed by atoms with Crippen LogP contribution in [0.15, 0.2) is 41.7 Å². The summed E-state index contributed by atoms with van der Waals surface area (Å²) >= 11 is 1.31. The van der Waals surface area contributed by atoms with Crippen molar-refractivity contribution in [2.75, 3.05) is 18.2 Å². The van der Waals surface area contributed by atoms with E-state index in [0.29, 0.717) is 10.7 Å². The van der Waals surface area contributed by atoms with Gasteiger partial charge >= 0.3 is 5.97 Å². The molecule has 114 valence electrons. The Morgan fingerprint density at radius 2 is 2.00 bits per heavy atom. The number of amides is 1. The number of aromatic nitrogens is 2. The molecule has 1 aromatic carbocycles. The lowest BCUT2D eigenvalue weighted by atomic mass is 10.2. The molecule has 6 nitrogen and oxygen atoms in total. The van der Waals surface area contributed by atoms with Crippen molar-refractivity contribution in [2.24, 2.45) is 0 Å². The molecule has 0 aliphatic carbocycles. The fourth-order valence-electron chi connectivity index (χ4n) is 1.69. The standard InChI is InChI=1S/C15H15N3O3S/c1-3-21-14(20)11-9-16-15(22-2)18-12(11)17-13(19)10-7-5-4-6-8-10/h4-9H,3H2,1-2H3,(H,16,17,18,19). The van der Waals surface area contributed by atoms with Crippen LogP contribution in [0.25, 0.3) is 0 Å². The number of thioether (sulfide) groups is 1. The van der Waals surface area contributed by atoms with Gasteiger partial charge in [0.25, 0.3) is 5.91 Å². The second-order valence-electron chi connectivity index (χ2n) is 4.16. The van der Waals surface area contributed by atoms with Gasteiger partial charge in [-0.15, -0.1) is 0 Å². The average molecular weight is 317 g/mol. The lowest BCUT2D eigenvalue weighted by molar-refractivity contribution is 0.0526. The summed E-state index contributed by atoms with van der Waals surface area (Å²) in [5.74, 6) is -0.776. The van der Waals surface area contributed by atoms with Crippen molar-refractivity contribution in [3.63, 3.8) is 0 Å². The Balaban J connectivity index is 2.31. The molecule has 1 amide bonds. The maximum atomic E-state index is 12.2. The summed E-state index contributed by atoms with van der Waals surface area (Å²) in [4.78, 5) is 32.4. The number of nitrogens with one attached hydrogen (secondary N) is 1. The monoisotopic (exact) mass is 317 g/mol. The minimum absolute atomic E-state index is 0.129. The Labute approximate surface area is 132 Å². The molecule has 1 aromatic heterocycles. The molecule has 1 N–H and O–H groups in total. The smallest absolute Gasteiger partial charge is 0.343 e. The first-order valence-electron chi connectivity index (χ1n) is 6.60. The molecule has 22 heavy (non-hydrogen) atoms. The molecule has 0 aliphatic heterocycles. The molecule has 0 saturated heterocycles. The van der Waals surface area contributed by atoms with Crippen molar-refractivity contribution in [1.82, 2.24) is 9.97 Å². The van der Waals surface area contributed by atoms with Crippen molar-refractivity contribution in [1.29, 1.82) is 0 Å². The summed E-state index contributed by atoms with van der Waals surface area (Å²) in [6, 6.07) is 8.69. The van der Waals surface area contributed by atoms with E-state index < -0.39 is 5.97 Å². The van der Waals surface area contributed by atoms with Gasteiger partial charge < -0.3 is 10.1 Å². The summed E-state index contributed by atoms with van der Waals surface area (Å²) in [7, 11) is 0. The van der Waals surface area contributed by atoms with E-state index in [-0.39, 0.29) is 23.9 Å². The molecular formula is C15H15N3O3S. The highest BCUT2D eigenvalue weighted by Gasteiger charge is 2.18. The van der Waals surface area contributed by atoms with Crippen LogP contribution < -0.4 is 5.32 Å². The molecule has 0 fully saturated rings.